The second-order valence-electron chi connectivity index (χ2n) is 4.57. The van der Waals surface area contributed by atoms with Crippen molar-refractivity contribution in [3.63, 3.8) is 0 Å². The maximum Gasteiger partial charge on any atom is 0.330 e. The first-order chi connectivity index (χ1) is 10.6. The number of urea groups is 1. The van der Waals surface area contributed by atoms with Crippen LogP contribution in [0.15, 0.2) is 28.7 Å². The van der Waals surface area contributed by atoms with Crippen LogP contribution in [0.1, 0.15) is 32.3 Å². The highest BCUT2D eigenvalue weighted by molar-refractivity contribution is 9.10. The standard InChI is InChI=1S/C16H21BrN2O3/c1-3-5-10-22-15(20)9-6-12-11-13(17)7-8-14(12)19-16(21)18-4-2/h6-9,11H,3-5,10H2,1-2H3,(H2,18,19,21)/b9-6+. The van der Waals surface area contributed by atoms with Crippen molar-refractivity contribution >= 4 is 39.7 Å². The third-order valence-electron chi connectivity index (χ3n) is 2.74. The van der Waals surface area contributed by atoms with Crippen LogP contribution >= 0.6 is 15.9 Å². The third-order valence-corrected chi connectivity index (χ3v) is 3.23. The van der Waals surface area contributed by atoms with Gasteiger partial charge in [-0.1, -0.05) is 29.3 Å². The zero-order chi connectivity index (χ0) is 16.4. The van der Waals surface area contributed by atoms with Crippen molar-refractivity contribution in [1.29, 1.82) is 0 Å². The second-order valence-corrected chi connectivity index (χ2v) is 5.49. The van der Waals surface area contributed by atoms with Gasteiger partial charge < -0.3 is 15.4 Å². The van der Waals surface area contributed by atoms with E-state index in [0.717, 1.165) is 17.3 Å². The van der Waals surface area contributed by atoms with E-state index in [-0.39, 0.29) is 6.03 Å². The molecule has 0 saturated carbocycles. The second kappa shape index (κ2) is 10.00. The van der Waals surface area contributed by atoms with Gasteiger partial charge in [0.2, 0.25) is 0 Å². The van der Waals surface area contributed by atoms with Gasteiger partial charge >= 0.3 is 12.0 Å². The Bertz CT molecular complexity index is 544. The summed E-state index contributed by atoms with van der Waals surface area (Å²) in [5.74, 6) is -0.391. The van der Waals surface area contributed by atoms with Crippen molar-refractivity contribution in [2.75, 3.05) is 18.5 Å². The van der Waals surface area contributed by atoms with Crippen LogP contribution in [0.2, 0.25) is 0 Å². The number of benzene rings is 1. The number of carbonyl (C=O) groups is 2. The summed E-state index contributed by atoms with van der Waals surface area (Å²) >= 11 is 3.37. The molecule has 0 aliphatic rings. The van der Waals surface area contributed by atoms with E-state index in [9.17, 15) is 9.59 Å². The number of carbonyl (C=O) groups excluding carboxylic acids is 2. The fourth-order valence-electron chi connectivity index (χ4n) is 1.64. The Balaban J connectivity index is 2.77. The minimum Gasteiger partial charge on any atom is -0.463 e. The Kier molecular flexibility index (Phi) is 8.28. The van der Waals surface area contributed by atoms with E-state index >= 15 is 0 Å². The zero-order valence-corrected chi connectivity index (χ0v) is 14.4. The summed E-state index contributed by atoms with van der Waals surface area (Å²) in [5, 5.41) is 5.40. The number of hydrogen-bond acceptors (Lipinski definition) is 3. The molecule has 0 atom stereocenters. The molecule has 0 saturated heterocycles. The first-order valence-corrected chi connectivity index (χ1v) is 8.05. The van der Waals surface area contributed by atoms with Crippen molar-refractivity contribution in [1.82, 2.24) is 5.32 Å². The van der Waals surface area contributed by atoms with Gasteiger partial charge in [0.1, 0.15) is 0 Å². The number of anilines is 1. The lowest BCUT2D eigenvalue weighted by Crippen LogP contribution is -2.28. The summed E-state index contributed by atoms with van der Waals surface area (Å²) < 4.78 is 5.91. The number of ether oxygens (including phenoxy) is 1. The number of rotatable bonds is 7. The molecule has 0 fully saturated rings. The maximum absolute atomic E-state index is 11.6. The van der Waals surface area contributed by atoms with Gasteiger partial charge in [-0.05, 0) is 43.2 Å². The summed E-state index contributed by atoms with van der Waals surface area (Å²) in [6.45, 7) is 4.83. The van der Waals surface area contributed by atoms with Gasteiger partial charge in [0.05, 0.1) is 6.61 Å². The van der Waals surface area contributed by atoms with Crippen LogP contribution in [0.25, 0.3) is 6.08 Å². The molecule has 5 nitrogen and oxygen atoms in total. The molecule has 0 spiro atoms. The molecule has 0 unspecified atom stereocenters. The Morgan fingerprint density at radius 3 is 2.77 bits per heavy atom. The van der Waals surface area contributed by atoms with Crippen LogP contribution in [0.5, 0.6) is 0 Å². The number of amides is 2. The Labute approximate surface area is 139 Å². The van der Waals surface area contributed by atoms with Gasteiger partial charge in [0.25, 0.3) is 0 Å². The van der Waals surface area contributed by atoms with Gasteiger partial charge in [-0.25, -0.2) is 9.59 Å². The first kappa shape index (κ1) is 18.2. The van der Waals surface area contributed by atoms with Crippen LogP contribution < -0.4 is 10.6 Å². The predicted molar refractivity (Wildman–Crippen MR) is 91.7 cm³/mol. The molecule has 1 aromatic carbocycles. The van der Waals surface area contributed by atoms with Crippen molar-refractivity contribution < 1.29 is 14.3 Å². The number of nitrogens with one attached hydrogen (secondary N) is 2. The number of unbranched alkanes of at least 4 members (excludes halogenated alkanes) is 1. The highest BCUT2D eigenvalue weighted by Crippen LogP contribution is 2.22. The minimum atomic E-state index is -0.391. The van der Waals surface area contributed by atoms with E-state index in [1.54, 1.807) is 12.1 Å². The molecule has 1 rings (SSSR count). The van der Waals surface area contributed by atoms with Crippen LogP contribution in [-0.2, 0) is 9.53 Å². The average Bonchev–Trinajstić information content (AvgIpc) is 2.48. The number of hydrogen-bond donors (Lipinski definition) is 2. The van der Waals surface area contributed by atoms with Crippen molar-refractivity contribution in [2.24, 2.45) is 0 Å². The average molecular weight is 369 g/mol. The summed E-state index contributed by atoms with van der Waals surface area (Å²) in [6.07, 6.45) is 4.81. The molecule has 0 bridgehead atoms. The highest BCUT2D eigenvalue weighted by Gasteiger charge is 2.05. The fourth-order valence-corrected chi connectivity index (χ4v) is 2.01. The normalized spacial score (nSPS) is 10.5. The van der Waals surface area contributed by atoms with Gasteiger partial charge in [-0.15, -0.1) is 0 Å². The Morgan fingerprint density at radius 1 is 1.32 bits per heavy atom. The SMILES string of the molecule is CCCCOC(=O)/C=C/c1cc(Br)ccc1NC(=O)NCC. The van der Waals surface area contributed by atoms with E-state index in [4.69, 9.17) is 4.74 Å². The van der Waals surface area contributed by atoms with Gasteiger partial charge in [0.15, 0.2) is 0 Å². The smallest absolute Gasteiger partial charge is 0.330 e. The number of esters is 1. The van der Waals surface area contributed by atoms with Crippen LogP contribution in [0.4, 0.5) is 10.5 Å². The fraction of sp³-hybridized carbons (Fsp3) is 0.375. The van der Waals surface area contributed by atoms with Crippen LogP contribution in [0, 0.1) is 0 Å². The van der Waals surface area contributed by atoms with Gasteiger partial charge in [-0.2, -0.15) is 0 Å². The van der Waals surface area contributed by atoms with E-state index in [1.165, 1.54) is 6.08 Å². The lowest BCUT2D eigenvalue weighted by molar-refractivity contribution is -0.137. The van der Waals surface area contributed by atoms with Crippen LogP contribution in [-0.4, -0.2) is 25.2 Å². The summed E-state index contributed by atoms with van der Waals surface area (Å²) in [7, 11) is 0. The molecular weight excluding hydrogens is 348 g/mol. The van der Waals surface area contributed by atoms with Crippen molar-refractivity contribution in [3.8, 4) is 0 Å². The topological polar surface area (TPSA) is 67.4 Å². The van der Waals surface area contributed by atoms with E-state index in [0.29, 0.717) is 24.4 Å². The summed E-state index contributed by atoms with van der Waals surface area (Å²) in [5.41, 5.74) is 1.33. The van der Waals surface area contributed by atoms with E-state index < -0.39 is 5.97 Å². The summed E-state index contributed by atoms with van der Waals surface area (Å²) in [4.78, 5) is 23.2. The van der Waals surface area contributed by atoms with Gasteiger partial charge in [-0.3, -0.25) is 0 Å². The molecule has 0 radical (unpaired) electrons. The Hall–Kier alpha value is -1.82. The molecule has 0 aliphatic carbocycles. The molecule has 0 heterocycles. The highest BCUT2D eigenvalue weighted by atomic mass is 79.9. The van der Waals surface area contributed by atoms with Gasteiger partial charge in [0, 0.05) is 22.8 Å². The molecule has 1 aromatic rings. The molecule has 6 heteroatoms. The maximum atomic E-state index is 11.6. The van der Waals surface area contributed by atoms with Crippen molar-refractivity contribution in [2.45, 2.75) is 26.7 Å². The lowest BCUT2D eigenvalue weighted by atomic mass is 10.1. The molecule has 120 valence electrons. The van der Waals surface area contributed by atoms with E-state index in [2.05, 4.69) is 26.6 Å². The molecule has 2 N–H and O–H groups in total. The minimum absolute atomic E-state index is 0.287. The molecule has 0 aliphatic heterocycles. The molecular formula is C16H21BrN2O3. The van der Waals surface area contributed by atoms with E-state index in [1.807, 2.05) is 26.0 Å². The Morgan fingerprint density at radius 2 is 2.09 bits per heavy atom. The lowest BCUT2D eigenvalue weighted by Gasteiger charge is -2.09. The molecule has 0 aromatic heterocycles. The monoisotopic (exact) mass is 368 g/mol. The largest absolute Gasteiger partial charge is 0.463 e. The summed E-state index contributed by atoms with van der Waals surface area (Å²) in [6, 6.07) is 5.11. The molecule has 2 amide bonds. The molecule has 22 heavy (non-hydrogen) atoms. The quantitative estimate of drug-likeness (QED) is 0.435. The predicted octanol–water partition coefficient (Wildman–Crippen LogP) is 3.95. The van der Waals surface area contributed by atoms with Crippen molar-refractivity contribution in [3.05, 3.63) is 34.3 Å². The zero-order valence-electron chi connectivity index (χ0n) is 12.8. The third kappa shape index (κ3) is 6.76. The number of halogens is 1. The van der Waals surface area contributed by atoms with Crippen LogP contribution in [0.3, 0.4) is 0 Å². The first-order valence-electron chi connectivity index (χ1n) is 7.26.